The second-order valence-electron chi connectivity index (χ2n) is 4.90. The Bertz CT molecular complexity index is 321. The normalized spacial score (nSPS) is 17.2. The van der Waals surface area contributed by atoms with Gasteiger partial charge in [0.1, 0.15) is 0 Å². The van der Waals surface area contributed by atoms with E-state index in [4.69, 9.17) is 14.6 Å². The molecule has 0 spiro atoms. The highest BCUT2D eigenvalue weighted by Crippen LogP contribution is 1.97. The van der Waals surface area contributed by atoms with Crippen LogP contribution in [0.3, 0.4) is 0 Å². The van der Waals surface area contributed by atoms with Crippen LogP contribution in [0.15, 0.2) is 0 Å². The van der Waals surface area contributed by atoms with Crippen LogP contribution >= 0.6 is 0 Å². The highest BCUT2D eigenvalue weighted by Gasteiger charge is 2.13. The van der Waals surface area contributed by atoms with Gasteiger partial charge in [0.2, 0.25) is 0 Å². The zero-order valence-electron chi connectivity index (χ0n) is 12.5. The first-order valence-corrected chi connectivity index (χ1v) is 7.18. The van der Waals surface area contributed by atoms with Crippen molar-refractivity contribution in [2.75, 3.05) is 53.0 Å². The fourth-order valence-corrected chi connectivity index (χ4v) is 2.03. The molecule has 1 atom stereocenters. The summed E-state index contributed by atoms with van der Waals surface area (Å²) in [7, 11) is 1.43. The van der Waals surface area contributed by atoms with E-state index in [1.165, 1.54) is 7.11 Å². The summed E-state index contributed by atoms with van der Waals surface area (Å²) < 4.78 is 10.2. The standard InChI is InChI=1S/C13H25N3O5/c1-20-11(9-12(17)18)10-15-13(19)14-3-2-4-16-5-7-21-8-6-16/h11H,2-10H2,1H3,(H,17,18)(H2,14,15,19). The third-order valence-electron chi connectivity index (χ3n) is 3.27. The minimum atomic E-state index is -0.949. The quantitative estimate of drug-likeness (QED) is 0.496. The number of carboxylic acids is 1. The first-order valence-electron chi connectivity index (χ1n) is 7.18. The van der Waals surface area contributed by atoms with Gasteiger partial charge in [-0.15, -0.1) is 0 Å². The number of rotatable bonds is 9. The Morgan fingerprint density at radius 2 is 2.05 bits per heavy atom. The van der Waals surface area contributed by atoms with Crippen molar-refractivity contribution in [2.24, 2.45) is 0 Å². The maximum Gasteiger partial charge on any atom is 0.314 e. The number of hydrogen-bond donors (Lipinski definition) is 3. The molecule has 0 radical (unpaired) electrons. The lowest BCUT2D eigenvalue weighted by Gasteiger charge is -2.26. The second-order valence-corrected chi connectivity index (χ2v) is 4.90. The zero-order valence-corrected chi connectivity index (χ0v) is 12.5. The molecule has 3 N–H and O–H groups in total. The molecule has 0 aliphatic carbocycles. The summed E-state index contributed by atoms with van der Waals surface area (Å²) in [5, 5.41) is 14.0. The summed E-state index contributed by atoms with van der Waals surface area (Å²) >= 11 is 0. The Morgan fingerprint density at radius 1 is 1.33 bits per heavy atom. The van der Waals surface area contributed by atoms with Gasteiger partial charge in [-0.2, -0.15) is 0 Å². The maximum absolute atomic E-state index is 11.5. The highest BCUT2D eigenvalue weighted by atomic mass is 16.5. The Hall–Kier alpha value is -1.38. The Labute approximate surface area is 124 Å². The van der Waals surface area contributed by atoms with E-state index in [-0.39, 0.29) is 19.0 Å². The molecule has 8 heteroatoms. The van der Waals surface area contributed by atoms with Gasteiger partial charge in [-0.3, -0.25) is 9.69 Å². The van der Waals surface area contributed by atoms with Gasteiger partial charge in [-0.05, 0) is 13.0 Å². The molecular formula is C13H25N3O5. The lowest BCUT2D eigenvalue weighted by atomic mass is 10.2. The molecule has 0 aromatic rings. The van der Waals surface area contributed by atoms with Crippen LogP contribution in [0.1, 0.15) is 12.8 Å². The number of morpholine rings is 1. The second kappa shape index (κ2) is 10.4. The molecule has 0 aromatic carbocycles. The van der Waals surface area contributed by atoms with Gasteiger partial charge in [0.25, 0.3) is 0 Å². The summed E-state index contributed by atoms with van der Waals surface area (Å²) in [6, 6.07) is -0.301. The average molecular weight is 303 g/mol. The van der Waals surface area contributed by atoms with Crippen molar-refractivity contribution in [3.8, 4) is 0 Å². The molecule has 1 rings (SSSR count). The van der Waals surface area contributed by atoms with Gasteiger partial charge in [0, 0.05) is 33.3 Å². The van der Waals surface area contributed by atoms with Gasteiger partial charge in [-0.1, -0.05) is 0 Å². The minimum absolute atomic E-state index is 0.131. The Morgan fingerprint density at radius 3 is 2.67 bits per heavy atom. The van der Waals surface area contributed by atoms with Crippen LogP contribution in [-0.4, -0.2) is 81.2 Å². The van der Waals surface area contributed by atoms with Gasteiger partial charge in [0.05, 0.1) is 25.7 Å². The van der Waals surface area contributed by atoms with E-state index in [0.29, 0.717) is 6.54 Å². The molecule has 21 heavy (non-hydrogen) atoms. The highest BCUT2D eigenvalue weighted by molar-refractivity contribution is 5.74. The SMILES string of the molecule is COC(CNC(=O)NCCCN1CCOCC1)CC(=O)O. The van der Waals surface area contributed by atoms with Crippen LogP contribution in [-0.2, 0) is 14.3 Å². The fourth-order valence-electron chi connectivity index (χ4n) is 2.03. The van der Waals surface area contributed by atoms with Crippen LogP contribution in [0.4, 0.5) is 4.79 Å². The third-order valence-corrected chi connectivity index (χ3v) is 3.27. The van der Waals surface area contributed by atoms with Crippen molar-refractivity contribution in [1.82, 2.24) is 15.5 Å². The summed E-state index contributed by atoms with van der Waals surface area (Å²) in [5.74, 6) is -0.949. The van der Waals surface area contributed by atoms with E-state index in [0.717, 1.165) is 39.3 Å². The molecule has 8 nitrogen and oxygen atoms in total. The average Bonchev–Trinajstić information content (AvgIpc) is 2.48. The summed E-state index contributed by atoms with van der Waals surface area (Å²) in [6.07, 6.45) is 0.228. The first-order chi connectivity index (χ1) is 10.1. The van der Waals surface area contributed by atoms with E-state index in [9.17, 15) is 9.59 Å². The number of methoxy groups -OCH3 is 1. The number of ether oxygens (including phenoxy) is 2. The number of carboxylic acid groups (broad SMARTS) is 1. The molecule has 1 aliphatic heterocycles. The van der Waals surface area contributed by atoms with Crippen molar-refractivity contribution in [1.29, 1.82) is 0 Å². The monoisotopic (exact) mass is 303 g/mol. The van der Waals surface area contributed by atoms with E-state index in [1.54, 1.807) is 0 Å². The van der Waals surface area contributed by atoms with Crippen LogP contribution in [0.25, 0.3) is 0 Å². The number of aliphatic carboxylic acids is 1. The molecule has 2 amide bonds. The summed E-state index contributed by atoms with van der Waals surface area (Å²) in [6.45, 7) is 5.13. The van der Waals surface area contributed by atoms with Gasteiger partial charge in [-0.25, -0.2) is 4.79 Å². The van der Waals surface area contributed by atoms with E-state index >= 15 is 0 Å². The van der Waals surface area contributed by atoms with Gasteiger partial charge < -0.3 is 25.2 Å². The molecule has 1 unspecified atom stereocenters. The summed E-state index contributed by atoms with van der Waals surface area (Å²) in [4.78, 5) is 24.4. The predicted octanol–water partition coefficient (Wildman–Crippen LogP) is -0.502. The van der Waals surface area contributed by atoms with Crippen molar-refractivity contribution < 1.29 is 24.2 Å². The van der Waals surface area contributed by atoms with Crippen LogP contribution in [0, 0.1) is 0 Å². The number of nitrogens with zero attached hydrogens (tertiary/aromatic N) is 1. The van der Waals surface area contributed by atoms with Gasteiger partial charge in [0.15, 0.2) is 0 Å². The van der Waals surface area contributed by atoms with Crippen molar-refractivity contribution in [2.45, 2.75) is 18.9 Å². The van der Waals surface area contributed by atoms with Crippen LogP contribution in [0.2, 0.25) is 0 Å². The molecule has 1 heterocycles. The zero-order chi connectivity index (χ0) is 15.5. The Balaban J connectivity index is 2.03. The van der Waals surface area contributed by atoms with Crippen molar-refractivity contribution in [3.05, 3.63) is 0 Å². The molecular weight excluding hydrogens is 278 g/mol. The lowest BCUT2D eigenvalue weighted by Crippen LogP contribution is -2.42. The van der Waals surface area contributed by atoms with Gasteiger partial charge >= 0.3 is 12.0 Å². The molecule has 0 bridgehead atoms. The lowest BCUT2D eigenvalue weighted by molar-refractivity contribution is -0.139. The summed E-state index contributed by atoms with van der Waals surface area (Å²) in [5.41, 5.74) is 0. The number of carbonyl (C=O) groups excluding carboxylic acids is 1. The number of nitrogens with one attached hydrogen (secondary N) is 2. The number of hydrogen-bond acceptors (Lipinski definition) is 5. The van der Waals surface area contributed by atoms with E-state index in [2.05, 4.69) is 15.5 Å². The number of urea groups is 1. The molecule has 122 valence electrons. The molecule has 0 saturated carbocycles. The number of carbonyl (C=O) groups is 2. The van der Waals surface area contributed by atoms with E-state index in [1.807, 2.05) is 0 Å². The third kappa shape index (κ3) is 8.49. The largest absolute Gasteiger partial charge is 0.481 e. The predicted molar refractivity (Wildman–Crippen MR) is 76.3 cm³/mol. The van der Waals surface area contributed by atoms with Crippen LogP contribution < -0.4 is 10.6 Å². The number of amides is 2. The topological polar surface area (TPSA) is 100 Å². The van der Waals surface area contributed by atoms with Crippen molar-refractivity contribution in [3.63, 3.8) is 0 Å². The van der Waals surface area contributed by atoms with Crippen LogP contribution in [0.5, 0.6) is 0 Å². The maximum atomic E-state index is 11.5. The first kappa shape index (κ1) is 17.7. The smallest absolute Gasteiger partial charge is 0.314 e. The molecule has 1 fully saturated rings. The molecule has 0 aromatic heterocycles. The van der Waals surface area contributed by atoms with Crippen molar-refractivity contribution >= 4 is 12.0 Å². The molecule has 1 saturated heterocycles. The minimum Gasteiger partial charge on any atom is -0.481 e. The van der Waals surface area contributed by atoms with E-state index < -0.39 is 12.1 Å². The fraction of sp³-hybridized carbons (Fsp3) is 0.846. The Kier molecular flexibility index (Phi) is 8.72. The molecule has 1 aliphatic rings.